The first-order valence-electron chi connectivity index (χ1n) is 11.7. The van der Waals surface area contributed by atoms with E-state index in [1.807, 2.05) is 0 Å². The van der Waals surface area contributed by atoms with Gasteiger partial charge in [-0.2, -0.15) is 0 Å². The number of ether oxygens (including phenoxy) is 1. The number of aliphatic hydroxyl groups excluding tert-OH is 1. The van der Waals surface area contributed by atoms with E-state index in [2.05, 4.69) is 79.7 Å². The van der Waals surface area contributed by atoms with E-state index in [0.29, 0.717) is 30.3 Å². The molecule has 0 unspecified atom stereocenters. The molecule has 0 aliphatic heterocycles. The first kappa shape index (κ1) is 20.3. The molecule has 2 nitrogen and oxygen atoms in total. The minimum atomic E-state index is 0.316. The van der Waals surface area contributed by atoms with Gasteiger partial charge < -0.3 is 9.84 Å². The summed E-state index contributed by atoms with van der Waals surface area (Å²) in [5.41, 5.74) is 7.13. The van der Waals surface area contributed by atoms with Crippen LogP contribution in [-0.4, -0.2) is 18.3 Å². The molecule has 0 amide bonds. The van der Waals surface area contributed by atoms with Gasteiger partial charge in [-0.15, -0.1) is 0 Å². The van der Waals surface area contributed by atoms with Gasteiger partial charge in [0.05, 0.1) is 6.61 Å². The van der Waals surface area contributed by atoms with E-state index >= 15 is 0 Å². The Kier molecular flexibility index (Phi) is 5.82. The highest BCUT2D eigenvalue weighted by atomic mass is 16.5. The molecule has 2 heteroatoms. The number of aryl methyl sites for hydroxylation is 2. The maximum atomic E-state index is 9.19. The predicted octanol–water partition coefficient (Wildman–Crippen LogP) is 6.25. The SMILES string of the molecule is Cc1ccc2c(c1)CC[C@H](c1ccccc1)[C@@H]2c1ccc(OCC2CC(CO)C2)cc1. The summed E-state index contributed by atoms with van der Waals surface area (Å²) in [5.74, 6) is 2.90. The quantitative estimate of drug-likeness (QED) is 0.518. The lowest BCUT2D eigenvalue weighted by molar-refractivity contribution is 0.0730. The molecule has 31 heavy (non-hydrogen) atoms. The van der Waals surface area contributed by atoms with Crippen molar-refractivity contribution in [3.05, 3.63) is 101 Å². The van der Waals surface area contributed by atoms with E-state index in [1.54, 1.807) is 0 Å². The normalized spacial score (nSPS) is 24.8. The summed E-state index contributed by atoms with van der Waals surface area (Å²) in [6.07, 6.45) is 4.50. The monoisotopic (exact) mass is 412 g/mol. The molecule has 1 fully saturated rings. The second kappa shape index (κ2) is 8.88. The maximum absolute atomic E-state index is 9.19. The fourth-order valence-electron chi connectivity index (χ4n) is 5.56. The van der Waals surface area contributed by atoms with Gasteiger partial charge in [-0.1, -0.05) is 66.2 Å². The van der Waals surface area contributed by atoms with E-state index in [4.69, 9.17) is 4.74 Å². The Hall–Kier alpha value is -2.58. The fourth-order valence-corrected chi connectivity index (χ4v) is 5.56. The van der Waals surface area contributed by atoms with Gasteiger partial charge in [0.1, 0.15) is 5.75 Å². The minimum absolute atomic E-state index is 0.316. The first-order chi connectivity index (χ1) is 15.2. The standard InChI is InChI=1S/C29H32O2/c1-20-7-13-28-25(15-20)10-14-27(23-5-3-2-4-6-23)29(28)24-8-11-26(12-9-24)31-19-22-16-21(17-22)18-30/h2-9,11-13,15,21-22,27,29-30H,10,14,16-19H2,1H3/t21?,22?,27-,29+/m1/s1. The molecule has 5 rings (SSSR count). The van der Waals surface area contributed by atoms with Crippen LogP contribution < -0.4 is 4.74 Å². The Morgan fingerprint density at radius 2 is 1.65 bits per heavy atom. The van der Waals surface area contributed by atoms with Crippen LogP contribution in [0.15, 0.2) is 72.8 Å². The van der Waals surface area contributed by atoms with Crippen LogP contribution in [0.5, 0.6) is 5.75 Å². The highest BCUT2D eigenvalue weighted by Crippen LogP contribution is 2.46. The van der Waals surface area contributed by atoms with Crippen molar-refractivity contribution in [3.63, 3.8) is 0 Å². The zero-order chi connectivity index (χ0) is 21.2. The summed E-state index contributed by atoms with van der Waals surface area (Å²) < 4.78 is 6.06. The van der Waals surface area contributed by atoms with Crippen LogP contribution in [0.4, 0.5) is 0 Å². The number of hydrogen-bond donors (Lipinski definition) is 1. The van der Waals surface area contributed by atoms with Crippen molar-refractivity contribution in [2.45, 2.75) is 44.4 Å². The van der Waals surface area contributed by atoms with Crippen LogP contribution in [0.3, 0.4) is 0 Å². The summed E-state index contributed by atoms with van der Waals surface area (Å²) in [5, 5.41) is 9.19. The fraction of sp³-hybridized carbons (Fsp3) is 0.379. The molecule has 2 aliphatic carbocycles. The van der Waals surface area contributed by atoms with Crippen molar-refractivity contribution in [2.75, 3.05) is 13.2 Å². The Balaban J connectivity index is 1.39. The van der Waals surface area contributed by atoms with E-state index in [9.17, 15) is 5.11 Å². The van der Waals surface area contributed by atoms with Crippen molar-refractivity contribution in [3.8, 4) is 5.75 Å². The van der Waals surface area contributed by atoms with Crippen LogP contribution in [-0.2, 0) is 6.42 Å². The third-order valence-corrected chi connectivity index (χ3v) is 7.30. The van der Waals surface area contributed by atoms with Gasteiger partial charge in [0.25, 0.3) is 0 Å². The van der Waals surface area contributed by atoms with Gasteiger partial charge in [-0.3, -0.25) is 0 Å². The maximum Gasteiger partial charge on any atom is 0.119 e. The number of fused-ring (bicyclic) bond motifs is 1. The van der Waals surface area contributed by atoms with Gasteiger partial charge in [0.2, 0.25) is 0 Å². The molecule has 2 aliphatic rings. The number of aliphatic hydroxyl groups is 1. The van der Waals surface area contributed by atoms with Crippen LogP contribution in [0.25, 0.3) is 0 Å². The second-order valence-electron chi connectivity index (χ2n) is 9.50. The van der Waals surface area contributed by atoms with Crippen molar-refractivity contribution in [2.24, 2.45) is 11.8 Å². The second-order valence-corrected chi connectivity index (χ2v) is 9.50. The average Bonchev–Trinajstić information content (AvgIpc) is 2.78. The first-order valence-corrected chi connectivity index (χ1v) is 11.7. The molecular formula is C29H32O2. The zero-order valence-corrected chi connectivity index (χ0v) is 18.3. The van der Waals surface area contributed by atoms with E-state index in [-0.39, 0.29) is 0 Å². The Morgan fingerprint density at radius 3 is 2.39 bits per heavy atom. The highest BCUT2D eigenvalue weighted by Gasteiger charge is 2.32. The minimum Gasteiger partial charge on any atom is -0.493 e. The summed E-state index contributed by atoms with van der Waals surface area (Å²) in [7, 11) is 0. The Labute approximate surface area is 185 Å². The van der Waals surface area contributed by atoms with Gasteiger partial charge in [0, 0.05) is 12.5 Å². The molecule has 0 radical (unpaired) electrons. The molecule has 1 saturated carbocycles. The lowest BCUT2D eigenvalue weighted by atomic mass is 9.69. The number of rotatable bonds is 6. The molecule has 2 atom stereocenters. The molecule has 3 aromatic rings. The molecule has 0 bridgehead atoms. The van der Waals surface area contributed by atoms with Crippen LogP contribution in [0.1, 0.15) is 58.9 Å². The Bertz CT molecular complexity index is 1000. The third kappa shape index (κ3) is 4.27. The number of hydrogen-bond acceptors (Lipinski definition) is 2. The van der Waals surface area contributed by atoms with Gasteiger partial charge >= 0.3 is 0 Å². The molecule has 0 aromatic heterocycles. The van der Waals surface area contributed by atoms with Crippen molar-refractivity contribution in [1.29, 1.82) is 0 Å². The topological polar surface area (TPSA) is 29.5 Å². The van der Waals surface area contributed by atoms with E-state index in [1.165, 1.54) is 34.2 Å². The molecule has 160 valence electrons. The van der Waals surface area contributed by atoms with E-state index < -0.39 is 0 Å². The predicted molar refractivity (Wildman–Crippen MR) is 126 cm³/mol. The summed E-state index contributed by atoms with van der Waals surface area (Å²) in [4.78, 5) is 0. The molecule has 0 spiro atoms. The largest absolute Gasteiger partial charge is 0.493 e. The lowest BCUT2D eigenvalue weighted by Crippen LogP contribution is -2.30. The molecule has 0 heterocycles. The summed E-state index contributed by atoms with van der Waals surface area (Å²) in [6.45, 7) is 3.26. The van der Waals surface area contributed by atoms with Gasteiger partial charge in [-0.05, 0) is 84.7 Å². The summed E-state index contributed by atoms with van der Waals surface area (Å²) >= 11 is 0. The molecule has 3 aromatic carbocycles. The van der Waals surface area contributed by atoms with Crippen LogP contribution in [0.2, 0.25) is 0 Å². The van der Waals surface area contributed by atoms with Crippen LogP contribution in [0, 0.1) is 18.8 Å². The average molecular weight is 413 g/mol. The van der Waals surface area contributed by atoms with E-state index in [0.717, 1.165) is 31.6 Å². The van der Waals surface area contributed by atoms with Crippen molar-refractivity contribution < 1.29 is 9.84 Å². The summed E-state index contributed by atoms with van der Waals surface area (Å²) in [6, 6.07) is 26.8. The lowest BCUT2D eigenvalue weighted by Gasteiger charge is -2.35. The molecular weight excluding hydrogens is 380 g/mol. The van der Waals surface area contributed by atoms with Crippen LogP contribution >= 0.6 is 0 Å². The van der Waals surface area contributed by atoms with Crippen molar-refractivity contribution >= 4 is 0 Å². The third-order valence-electron chi connectivity index (χ3n) is 7.30. The smallest absolute Gasteiger partial charge is 0.119 e. The zero-order valence-electron chi connectivity index (χ0n) is 18.3. The van der Waals surface area contributed by atoms with Gasteiger partial charge in [0.15, 0.2) is 0 Å². The molecule has 1 N–H and O–H groups in total. The van der Waals surface area contributed by atoms with Gasteiger partial charge in [-0.25, -0.2) is 0 Å². The number of benzene rings is 3. The highest BCUT2D eigenvalue weighted by molar-refractivity contribution is 5.47. The molecule has 0 saturated heterocycles. The Morgan fingerprint density at radius 1 is 0.871 bits per heavy atom. The van der Waals surface area contributed by atoms with Crippen molar-refractivity contribution in [1.82, 2.24) is 0 Å².